The fourth-order valence-electron chi connectivity index (χ4n) is 2.01. The van der Waals surface area contributed by atoms with E-state index < -0.39 is 0 Å². The summed E-state index contributed by atoms with van der Waals surface area (Å²) in [7, 11) is 0. The molecular formula is C12H18O3. The molecule has 1 aliphatic rings. The summed E-state index contributed by atoms with van der Waals surface area (Å²) in [4.78, 5) is 0. The van der Waals surface area contributed by atoms with Gasteiger partial charge in [0.1, 0.15) is 5.76 Å². The van der Waals surface area contributed by atoms with Gasteiger partial charge in [-0.15, -0.1) is 0 Å². The lowest BCUT2D eigenvalue weighted by atomic mass is 10.0. The number of ether oxygens (including phenoxy) is 1. The van der Waals surface area contributed by atoms with Gasteiger partial charge in [0.25, 0.3) is 0 Å². The van der Waals surface area contributed by atoms with Gasteiger partial charge in [-0.05, 0) is 37.8 Å². The number of rotatable bonds is 5. The molecule has 1 aromatic rings. The molecule has 15 heavy (non-hydrogen) atoms. The average Bonchev–Trinajstić information content (AvgIpc) is 2.86. The third-order valence-corrected chi connectivity index (χ3v) is 2.86. The molecule has 0 spiro atoms. The van der Waals surface area contributed by atoms with E-state index in [1.54, 1.807) is 6.26 Å². The van der Waals surface area contributed by atoms with Crippen molar-refractivity contribution in [2.75, 3.05) is 6.61 Å². The van der Waals surface area contributed by atoms with E-state index in [4.69, 9.17) is 9.15 Å². The van der Waals surface area contributed by atoms with Gasteiger partial charge in [0.05, 0.1) is 18.5 Å². The first-order chi connectivity index (χ1) is 7.34. The highest BCUT2D eigenvalue weighted by molar-refractivity contribution is 4.99. The van der Waals surface area contributed by atoms with E-state index in [0.717, 1.165) is 31.6 Å². The Hall–Kier alpha value is -0.800. The second kappa shape index (κ2) is 5.33. The molecule has 0 aromatic carbocycles. The van der Waals surface area contributed by atoms with Crippen LogP contribution in [0.2, 0.25) is 0 Å². The monoisotopic (exact) mass is 210 g/mol. The van der Waals surface area contributed by atoms with Crippen molar-refractivity contribution in [2.45, 2.75) is 44.3 Å². The van der Waals surface area contributed by atoms with E-state index in [1.165, 1.54) is 6.42 Å². The van der Waals surface area contributed by atoms with Gasteiger partial charge >= 0.3 is 0 Å². The zero-order chi connectivity index (χ0) is 10.5. The SMILES string of the molecule is OC(CCC1CCCO1)Cc1ccco1. The Labute approximate surface area is 90.0 Å². The Morgan fingerprint density at radius 2 is 2.47 bits per heavy atom. The summed E-state index contributed by atoms with van der Waals surface area (Å²) in [5, 5.41) is 9.77. The van der Waals surface area contributed by atoms with Gasteiger partial charge in [0.15, 0.2) is 0 Å². The van der Waals surface area contributed by atoms with E-state index in [0.29, 0.717) is 12.5 Å². The molecule has 1 fully saturated rings. The fourth-order valence-corrected chi connectivity index (χ4v) is 2.01. The number of aliphatic hydroxyl groups is 1. The lowest BCUT2D eigenvalue weighted by Crippen LogP contribution is -2.14. The summed E-state index contributed by atoms with van der Waals surface area (Å²) in [6.45, 7) is 0.888. The molecule has 2 heterocycles. The van der Waals surface area contributed by atoms with Crippen molar-refractivity contribution in [2.24, 2.45) is 0 Å². The minimum absolute atomic E-state index is 0.305. The smallest absolute Gasteiger partial charge is 0.106 e. The predicted octanol–water partition coefficient (Wildman–Crippen LogP) is 2.14. The Balaban J connectivity index is 1.66. The van der Waals surface area contributed by atoms with E-state index in [9.17, 15) is 5.11 Å². The van der Waals surface area contributed by atoms with Crippen molar-refractivity contribution in [3.05, 3.63) is 24.2 Å². The maximum Gasteiger partial charge on any atom is 0.106 e. The molecule has 1 aromatic heterocycles. The summed E-state index contributed by atoms with van der Waals surface area (Å²) in [6.07, 6.45) is 6.39. The zero-order valence-electron chi connectivity index (χ0n) is 8.89. The van der Waals surface area contributed by atoms with Crippen LogP contribution in [0.1, 0.15) is 31.4 Å². The van der Waals surface area contributed by atoms with Crippen molar-refractivity contribution in [1.82, 2.24) is 0 Å². The molecular weight excluding hydrogens is 192 g/mol. The lowest BCUT2D eigenvalue weighted by Gasteiger charge is -2.12. The van der Waals surface area contributed by atoms with Gasteiger partial charge in [0.2, 0.25) is 0 Å². The zero-order valence-corrected chi connectivity index (χ0v) is 8.89. The van der Waals surface area contributed by atoms with E-state index in [2.05, 4.69) is 0 Å². The Morgan fingerprint density at radius 3 is 3.13 bits per heavy atom. The third kappa shape index (κ3) is 3.36. The standard InChI is InChI=1S/C12H18O3/c13-10(9-12-4-2-8-15-12)5-6-11-3-1-7-14-11/h2,4,8,10-11,13H,1,3,5-7,9H2. The quantitative estimate of drug-likeness (QED) is 0.809. The summed E-state index contributed by atoms with van der Waals surface area (Å²) >= 11 is 0. The van der Waals surface area contributed by atoms with Crippen molar-refractivity contribution < 1.29 is 14.3 Å². The van der Waals surface area contributed by atoms with Gasteiger partial charge in [-0.25, -0.2) is 0 Å². The summed E-state index contributed by atoms with van der Waals surface area (Å²) < 4.78 is 10.7. The van der Waals surface area contributed by atoms with Crippen LogP contribution in [0, 0.1) is 0 Å². The molecule has 2 unspecified atom stereocenters. The molecule has 0 radical (unpaired) electrons. The first-order valence-corrected chi connectivity index (χ1v) is 5.66. The van der Waals surface area contributed by atoms with Crippen LogP contribution in [0.4, 0.5) is 0 Å². The Kier molecular flexibility index (Phi) is 3.80. The number of hydrogen-bond acceptors (Lipinski definition) is 3. The van der Waals surface area contributed by atoms with Crippen LogP contribution in [-0.2, 0) is 11.2 Å². The molecule has 2 rings (SSSR count). The van der Waals surface area contributed by atoms with Gasteiger partial charge in [0, 0.05) is 13.0 Å². The van der Waals surface area contributed by atoms with Crippen molar-refractivity contribution >= 4 is 0 Å². The van der Waals surface area contributed by atoms with Crippen LogP contribution >= 0.6 is 0 Å². The minimum Gasteiger partial charge on any atom is -0.469 e. The van der Waals surface area contributed by atoms with E-state index in [1.807, 2.05) is 12.1 Å². The first kappa shape index (κ1) is 10.7. The molecule has 84 valence electrons. The lowest BCUT2D eigenvalue weighted by molar-refractivity contribution is 0.0799. The molecule has 3 nitrogen and oxygen atoms in total. The fraction of sp³-hybridized carbons (Fsp3) is 0.667. The molecule has 1 N–H and O–H groups in total. The second-order valence-electron chi connectivity index (χ2n) is 4.15. The van der Waals surface area contributed by atoms with Crippen LogP contribution in [-0.4, -0.2) is 23.9 Å². The minimum atomic E-state index is -0.305. The second-order valence-corrected chi connectivity index (χ2v) is 4.15. The molecule has 3 heteroatoms. The van der Waals surface area contributed by atoms with Crippen LogP contribution in [0.15, 0.2) is 22.8 Å². The number of aliphatic hydroxyl groups excluding tert-OH is 1. The molecule has 0 saturated carbocycles. The molecule has 0 aliphatic carbocycles. The summed E-state index contributed by atoms with van der Waals surface area (Å²) in [5.41, 5.74) is 0. The van der Waals surface area contributed by atoms with E-state index in [-0.39, 0.29) is 6.10 Å². The maximum atomic E-state index is 9.77. The first-order valence-electron chi connectivity index (χ1n) is 5.66. The molecule has 0 bridgehead atoms. The third-order valence-electron chi connectivity index (χ3n) is 2.86. The van der Waals surface area contributed by atoms with Gasteiger partial charge in [-0.1, -0.05) is 0 Å². The predicted molar refractivity (Wildman–Crippen MR) is 56.6 cm³/mol. The largest absolute Gasteiger partial charge is 0.469 e. The highest BCUT2D eigenvalue weighted by Crippen LogP contribution is 2.18. The topological polar surface area (TPSA) is 42.6 Å². The van der Waals surface area contributed by atoms with Crippen molar-refractivity contribution in [1.29, 1.82) is 0 Å². The summed E-state index contributed by atoms with van der Waals surface area (Å²) in [5.74, 6) is 0.856. The van der Waals surface area contributed by atoms with E-state index >= 15 is 0 Å². The molecule has 0 amide bonds. The normalized spacial score (nSPS) is 23.1. The van der Waals surface area contributed by atoms with Gasteiger partial charge in [-0.3, -0.25) is 0 Å². The highest BCUT2D eigenvalue weighted by Gasteiger charge is 2.17. The molecule has 1 saturated heterocycles. The van der Waals surface area contributed by atoms with Crippen LogP contribution in [0.5, 0.6) is 0 Å². The number of furan rings is 1. The van der Waals surface area contributed by atoms with Crippen LogP contribution in [0.25, 0.3) is 0 Å². The van der Waals surface area contributed by atoms with Crippen LogP contribution < -0.4 is 0 Å². The highest BCUT2D eigenvalue weighted by atomic mass is 16.5. The summed E-state index contributed by atoms with van der Waals surface area (Å²) in [6, 6.07) is 3.75. The maximum absolute atomic E-state index is 9.77. The number of hydrogen-bond donors (Lipinski definition) is 1. The molecule has 2 atom stereocenters. The average molecular weight is 210 g/mol. The Bertz CT molecular complexity index is 262. The van der Waals surface area contributed by atoms with Gasteiger partial charge in [-0.2, -0.15) is 0 Å². The van der Waals surface area contributed by atoms with Gasteiger partial charge < -0.3 is 14.3 Å². The Morgan fingerprint density at radius 1 is 1.53 bits per heavy atom. The molecule has 1 aliphatic heterocycles. The van der Waals surface area contributed by atoms with Crippen LogP contribution in [0.3, 0.4) is 0 Å². The van der Waals surface area contributed by atoms with Crippen molar-refractivity contribution in [3.63, 3.8) is 0 Å². The van der Waals surface area contributed by atoms with Crippen molar-refractivity contribution in [3.8, 4) is 0 Å².